The fourth-order valence-electron chi connectivity index (χ4n) is 2.39. The van der Waals surface area contributed by atoms with Crippen LogP contribution in [0.4, 0.5) is 0 Å². The van der Waals surface area contributed by atoms with Gasteiger partial charge in [-0.1, -0.05) is 0 Å². The van der Waals surface area contributed by atoms with Crippen LogP contribution < -0.4 is 0 Å². The Morgan fingerprint density at radius 3 is 2.05 bits per heavy atom. The van der Waals surface area contributed by atoms with E-state index < -0.39 is 11.8 Å². The molecule has 6 heteroatoms. The lowest BCUT2D eigenvalue weighted by molar-refractivity contribution is -0.186. The molecule has 0 aromatic carbocycles. The number of hydrogen-bond acceptors (Lipinski definition) is 4. The van der Waals surface area contributed by atoms with Gasteiger partial charge in [-0.05, 0) is 13.8 Å². The molecule has 2 saturated heterocycles. The fourth-order valence-corrected chi connectivity index (χ4v) is 2.39. The minimum Gasteiger partial charge on any atom is -0.478 e. The van der Waals surface area contributed by atoms with Gasteiger partial charge in [-0.15, -0.1) is 0 Å². The molecule has 1 N–H and O–H groups in total. The quantitative estimate of drug-likeness (QED) is 0.749. The van der Waals surface area contributed by atoms with E-state index in [1.807, 2.05) is 0 Å². The molecule has 106 valence electrons. The third-order valence-corrected chi connectivity index (χ3v) is 3.83. The molecule has 0 saturated carbocycles. The second-order valence-electron chi connectivity index (χ2n) is 4.95. The Kier molecular flexibility index (Phi) is 3.91. The highest BCUT2D eigenvalue weighted by Crippen LogP contribution is 2.31. The maximum absolute atomic E-state index is 12.2. The largest absolute Gasteiger partial charge is 0.478 e. The number of aliphatic carboxylic acids is 1. The molecule has 0 atom stereocenters. The van der Waals surface area contributed by atoms with E-state index >= 15 is 0 Å². The van der Waals surface area contributed by atoms with E-state index in [1.54, 1.807) is 11.8 Å². The van der Waals surface area contributed by atoms with Gasteiger partial charge in [0.05, 0.1) is 13.2 Å². The normalized spacial score (nSPS) is 23.4. The van der Waals surface area contributed by atoms with E-state index in [0.717, 1.165) is 0 Å². The van der Waals surface area contributed by atoms with Crippen molar-refractivity contribution >= 4 is 11.9 Å². The van der Waals surface area contributed by atoms with Crippen molar-refractivity contribution in [3.8, 4) is 0 Å². The number of amides is 1. The van der Waals surface area contributed by atoms with Crippen LogP contribution in [0.5, 0.6) is 0 Å². The first kappa shape index (κ1) is 14.0. The molecule has 2 fully saturated rings. The smallest absolute Gasteiger partial charge is 0.331 e. The minimum atomic E-state index is -1.05. The third kappa shape index (κ3) is 2.79. The van der Waals surface area contributed by atoms with Crippen LogP contribution >= 0.6 is 0 Å². The number of hydrogen-bond donors (Lipinski definition) is 1. The molecule has 19 heavy (non-hydrogen) atoms. The molecule has 0 aromatic rings. The van der Waals surface area contributed by atoms with E-state index in [0.29, 0.717) is 39.1 Å². The number of ether oxygens (including phenoxy) is 2. The van der Waals surface area contributed by atoms with Crippen LogP contribution in [0.25, 0.3) is 0 Å². The summed E-state index contributed by atoms with van der Waals surface area (Å²) in [4.78, 5) is 24.7. The molecular formula is C13H19NO5. The molecule has 0 radical (unpaired) electrons. The third-order valence-electron chi connectivity index (χ3n) is 3.83. The van der Waals surface area contributed by atoms with Gasteiger partial charge in [-0.25, -0.2) is 4.79 Å². The predicted octanol–water partition coefficient (Wildman–Crippen LogP) is 0.773. The first-order valence-electron chi connectivity index (χ1n) is 6.43. The Morgan fingerprint density at radius 1 is 1.05 bits per heavy atom. The number of piperidine rings is 1. The molecular weight excluding hydrogens is 250 g/mol. The number of nitrogens with zero attached hydrogens (tertiary/aromatic N) is 1. The Hall–Kier alpha value is -1.40. The molecule has 2 aliphatic rings. The van der Waals surface area contributed by atoms with Crippen LogP contribution in [-0.2, 0) is 19.1 Å². The minimum absolute atomic E-state index is 0.0960. The SMILES string of the molecule is C/C(C(=O)O)=C(\C)C(=O)N1CCC2(CC1)OCCO2. The number of likely N-dealkylation sites (tertiary alicyclic amines) is 1. The van der Waals surface area contributed by atoms with E-state index in [9.17, 15) is 9.59 Å². The van der Waals surface area contributed by atoms with Crippen molar-refractivity contribution in [3.05, 3.63) is 11.1 Å². The average molecular weight is 269 g/mol. The van der Waals surface area contributed by atoms with Gasteiger partial charge < -0.3 is 19.5 Å². The standard InChI is InChI=1S/C13H19NO5/c1-9(10(2)12(16)17)11(15)14-5-3-13(4-6-14)18-7-8-19-13/h3-8H2,1-2H3,(H,16,17)/b10-9-. The summed E-state index contributed by atoms with van der Waals surface area (Å²) in [5.41, 5.74) is 0.385. The maximum Gasteiger partial charge on any atom is 0.331 e. The van der Waals surface area contributed by atoms with Gasteiger partial charge in [0.15, 0.2) is 5.79 Å². The van der Waals surface area contributed by atoms with E-state index in [-0.39, 0.29) is 17.1 Å². The van der Waals surface area contributed by atoms with Gasteiger partial charge in [0, 0.05) is 37.1 Å². The summed E-state index contributed by atoms with van der Waals surface area (Å²) in [6, 6.07) is 0. The lowest BCUT2D eigenvalue weighted by Crippen LogP contribution is -2.47. The van der Waals surface area contributed by atoms with Crippen LogP contribution in [0.3, 0.4) is 0 Å². The van der Waals surface area contributed by atoms with Crippen molar-refractivity contribution < 1.29 is 24.2 Å². The second-order valence-corrected chi connectivity index (χ2v) is 4.95. The van der Waals surface area contributed by atoms with Crippen molar-refractivity contribution in [2.45, 2.75) is 32.5 Å². The van der Waals surface area contributed by atoms with Crippen LogP contribution in [-0.4, -0.2) is 54.0 Å². The number of carbonyl (C=O) groups is 2. The molecule has 2 aliphatic heterocycles. The zero-order valence-corrected chi connectivity index (χ0v) is 11.3. The van der Waals surface area contributed by atoms with Gasteiger partial charge in [-0.3, -0.25) is 4.79 Å². The van der Waals surface area contributed by atoms with Gasteiger partial charge in [-0.2, -0.15) is 0 Å². The molecule has 1 spiro atoms. The summed E-state index contributed by atoms with van der Waals surface area (Å²) in [7, 11) is 0. The van der Waals surface area contributed by atoms with E-state index in [4.69, 9.17) is 14.6 Å². The van der Waals surface area contributed by atoms with Crippen LogP contribution in [0.15, 0.2) is 11.1 Å². The number of carboxylic acid groups (broad SMARTS) is 1. The van der Waals surface area contributed by atoms with Gasteiger partial charge in [0.2, 0.25) is 5.91 Å². The average Bonchev–Trinajstić information content (AvgIpc) is 2.85. The summed E-state index contributed by atoms with van der Waals surface area (Å²) >= 11 is 0. The van der Waals surface area contributed by atoms with Crippen LogP contribution in [0.1, 0.15) is 26.7 Å². The van der Waals surface area contributed by atoms with Crippen molar-refractivity contribution in [3.63, 3.8) is 0 Å². The maximum atomic E-state index is 12.2. The summed E-state index contributed by atoms with van der Waals surface area (Å²) < 4.78 is 11.2. The van der Waals surface area contributed by atoms with Gasteiger partial charge >= 0.3 is 5.97 Å². The predicted molar refractivity (Wildman–Crippen MR) is 66.5 cm³/mol. The van der Waals surface area contributed by atoms with E-state index in [2.05, 4.69) is 0 Å². The molecule has 2 heterocycles. The van der Waals surface area contributed by atoms with Gasteiger partial charge in [0.25, 0.3) is 0 Å². The van der Waals surface area contributed by atoms with Gasteiger partial charge in [0.1, 0.15) is 0 Å². The van der Waals surface area contributed by atoms with Crippen molar-refractivity contribution in [1.82, 2.24) is 4.90 Å². The lowest BCUT2D eigenvalue weighted by atomic mass is 10.0. The van der Waals surface area contributed by atoms with Crippen molar-refractivity contribution in [2.24, 2.45) is 0 Å². The topological polar surface area (TPSA) is 76.1 Å². The molecule has 0 unspecified atom stereocenters. The summed E-state index contributed by atoms with van der Waals surface area (Å²) in [5, 5.41) is 8.90. The number of carboxylic acids is 1. The Morgan fingerprint density at radius 2 is 1.58 bits per heavy atom. The fraction of sp³-hybridized carbons (Fsp3) is 0.692. The van der Waals surface area contributed by atoms with Crippen LogP contribution in [0, 0.1) is 0 Å². The van der Waals surface area contributed by atoms with Crippen molar-refractivity contribution in [2.75, 3.05) is 26.3 Å². The highest BCUT2D eigenvalue weighted by molar-refractivity contribution is 6.01. The second kappa shape index (κ2) is 5.30. The Balaban J connectivity index is 1.99. The molecule has 0 bridgehead atoms. The number of rotatable bonds is 2. The molecule has 0 aromatic heterocycles. The Bertz CT molecular complexity index is 413. The zero-order chi connectivity index (χ0) is 14.0. The number of carbonyl (C=O) groups excluding carboxylic acids is 1. The first-order chi connectivity index (χ1) is 8.95. The summed E-state index contributed by atoms with van der Waals surface area (Å²) in [6.45, 7) is 5.27. The summed E-state index contributed by atoms with van der Waals surface area (Å²) in [6.07, 6.45) is 1.27. The lowest BCUT2D eigenvalue weighted by Gasteiger charge is -2.37. The van der Waals surface area contributed by atoms with Crippen molar-refractivity contribution in [1.29, 1.82) is 0 Å². The molecule has 1 amide bonds. The monoisotopic (exact) mass is 269 g/mol. The zero-order valence-electron chi connectivity index (χ0n) is 11.3. The highest BCUT2D eigenvalue weighted by atomic mass is 16.7. The van der Waals surface area contributed by atoms with E-state index in [1.165, 1.54) is 6.92 Å². The Labute approximate surface area is 112 Å². The molecule has 2 rings (SSSR count). The first-order valence-corrected chi connectivity index (χ1v) is 6.43. The highest BCUT2D eigenvalue weighted by Gasteiger charge is 2.41. The molecule has 0 aliphatic carbocycles. The molecule has 6 nitrogen and oxygen atoms in total. The summed E-state index contributed by atoms with van der Waals surface area (Å²) in [5.74, 6) is -1.79. The van der Waals surface area contributed by atoms with Crippen LogP contribution in [0.2, 0.25) is 0 Å².